The summed E-state index contributed by atoms with van der Waals surface area (Å²) in [5.74, 6) is 0. The molecule has 0 atom stereocenters. The lowest BCUT2D eigenvalue weighted by Gasteiger charge is -2.03. The van der Waals surface area contributed by atoms with Crippen LogP contribution in [0.1, 0.15) is 5.56 Å². The lowest BCUT2D eigenvalue weighted by atomic mass is 10.2. The van der Waals surface area contributed by atoms with Crippen molar-refractivity contribution in [2.45, 2.75) is 11.4 Å². The molecule has 108 valence electrons. The van der Waals surface area contributed by atoms with Gasteiger partial charge in [-0.1, -0.05) is 24.3 Å². The quantitative estimate of drug-likeness (QED) is 0.769. The van der Waals surface area contributed by atoms with Crippen LogP contribution in [0.2, 0.25) is 0 Å². The summed E-state index contributed by atoms with van der Waals surface area (Å²) in [6, 6.07) is 14.2. The predicted octanol–water partition coefficient (Wildman–Crippen LogP) is 2.09. The third-order valence-corrected chi connectivity index (χ3v) is 3.92. The van der Waals surface area contributed by atoms with Gasteiger partial charge in [0.15, 0.2) is 5.58 Å². The molecule has 3 rings (SSSR count). The third-order valence-electron chi connectivity index (χ3n) is 2.99. The molecule has 0 bridgehead atoms. The minimum absolute atomic E-state index is 0.0908. The third kappa shape index (κ3) is 3.04. The summed E-state index contributed by atoms with van der Waals surface area (Å²) in [6.45, 7) is 0.470. The molecule has 0 radical (unpaired) electrons. The Morgan fingerprint density at radius 3 is 2.48 bits per heavy atom. The Morgan fingerprint density at radius 1 is 1.10 bits per heavy atom. The monoisotopic (exact) mass is 303 g/mol. The number of sulfonamides is 1. The van der Waals surface area contributed by atoms with Crippen molar-refractivity contribution in [3.63, 3.8) is 0 Å². The Morgan fingerprint density at radius 2 is 1.81 bits per heavy atom. The van der Waals surface area contributed by atoms with Gasteiger partial charge in [-0.05, 0) is 29.8 Å². The van der Waals surface area contributed by atoms with Gasteiger partial charge in [0.05, 0.1) is 4.90 Å². The van der Waals surface area contributed by atoms with Gasteiger partial charge in [-0.25, -0.2) is 13.6 Å². The summed E-state index contributed by atoms with van der Waals surface area (Å²) in [5, 5.41) is 8.10. The fraction of sp³-hybridized carbons (Fsp3) is 0.0714. The fourth-order valence-electron chi connectivity index (χ4n) is 1.92. The van der Waals surface area contributed by atoms with Gasteiger partial charge in [0.1, 0.15) is 5.52 Å². The Kier molecular flexibility index (Phi) is 3.36. The van der Waals surface area contributed by atoms with Gasteiger partial charge in [0.2, 0.25) is 10.0 Å². The number of anilines is 1. The molecule has 0 unspecified atom stereocenters. The van der Waals surface area contributed by atoms with Crippen LogP contribution in [0.15, 0.2) is 57.8 Å². The molecule has 1 heterocycles. The number of fused-ring (bicyclic) bond motifs is 1. The number of nitrogens with one attached hydrogen (secondary N) is 1. The summed E-state index contributed by atoms with van der Waals surface area (Å²) in [7, 11) is -3.66. The molecule has 0 fully saturated rings. The minimum atomic E-state index is -3.66. The van der Waals surface area contributed by atoms with Crippen LogP contribution in [-0.2, 0) is 16.6 Å². The first-order valence-electron chi connectivity index (χ1n) is 6.23. The Labute approximate surface area is 121 Å². The van der Waals surface area contributed by atoms with E-state index in [-0.39, 0.29) is 4.90 Å². The van der Waals surface area contributed by atoms with Crippen LogP contribution in [-0.4, -0.2) is 13.4 Å². The number of benzene rings is 2. The average Bonchev–Trinajstić information content (AvgIpc) is 2.87. The molecule has 0 aliphatic rings. The van der Waals surface area contributed by atoms with Crippen LogP contribution in [0.5, 0.6) is 0 Å². The molecule has 0 spiro atoms. The Bertz CT molecular complexity index is 837. The van der Waals surface area contributed by atoms with Crippen molar-refractivity contribution in [2.75, 3.05) is 5.32 Å². The predicted molar refractivity (Wildman–Crippen MR) is 79.2 cm³/mol. The zero-order valence-corrected chi connectivity index (χ0v) is 11.8. The van der Waals surface area contributed by atoms with E-state index < -0.39 is 10.0 Å². The molecule has 0 aliphatic heterocycles. The second kappa shape index (κ2) is 5.19. The van der Waals surface area contributed by atoms with Gasteiger partial charge in [0.25, 0.3) is 6.01 Å². The number of nitrogens with zero attached hydrogens (tertiary/aromatic N) is 1. The molecule has 0 amide bonds. The van der Waals surface area contributed by atoms with Crippen LogP contribution in [0.3, 0.4) is 0 Å². The van der Waals surface area contributed by atoms with Crippen LogP contribution < -0.4 is 10.5 Å². The number of rotatable bonds is 4. The molecule has 0 aliphatic carbocycles. The van der Waals surface area contributed by atoms with E-state index in [0.717, 1.165) is 11.1 Å². The highest BCUT2D eigenvalue weighted by Crippen LogP contribution is 2.18. The van der Waals surface area contributed by atoms with Crippen molar-refractivity contribution in [3.8, 4) is 0 Å². The lowest BCUT2D eigenvalue weighted by Crippen LogP contribution is -2.12. The zero-order valence-electron chi connectivity index (χ0n) is 11.0. The van der Waals surface area contributed by atoms with Gasteiger partial charge in [-0.3, -0.25) is 0 Å². The SMILES string of the molecule is NS(=O)(=O)c1ccc(CNc2nc3ccccc3o2)cc1. The fourth-order valence-corrected chi connectivity index (χ4v) is 2.44. The molecule has 2 aromatic carbocycles. The topological polar surface area (TPSA) is 98.2 Å². The Hall–Kier alpha value is -2.38. The highest BCUT2D eigenvalue weighted by molar-refractivity contribution is 7.89. The molecule has 1 aromatic heterocycles. The standard InChI is InChI=1S/C14H13N3O3S/c15-21(18,19)11-7-5-10(6-8-11)9-16-14-17-12-3-1-2-4-13(12)20-14/h1-8H,9H2,(H,16,17)(H2,15,18,19). The molecular weight excluding hydrogens is 290 g/mol. The molecule has 0 saturated carbocycles. The first-order valence-corrected chi connectivity index (χ1v) is 7.78. The van der Waals surface area contributed by atoms with E-state index >= 15 is 0 Å². The zero-order chi connectivity index (χ0) is 14.9. The van der Waals surface area contributed by atoms with Crippen LogP contribution in [0, 0.1) is 0 Å². The lowest BCUT2D eigenvalue weighted by molar-refractivity contribution is 0.597. The molecular formula is C14H13N3O3S. The molecule has 7 heteroatoms. The average molecular weight is 303 g/mol. The number of hydrogen-bond acceptors (Lipinski definition) is 5. The van der Waals surface area contributed by atoms with E-state index in [1.807, 2.05) is 24.3 Å². The van der Waals surface area contributed by atoms with E-state index in [1.54, 1.807) is 12.1 Å². The van der Waals surface area contributed by atoms with Crippen molar-refractivity contribution in [3.05, 3.63) is 54.1 Å². The smallest absolute Gasteiger partial charge is 0.295 e. The van der Waals surface area contributed by atoms with E-state index in [2.05, 4.69) is 10.3 Å². The van der Waals surface area contributed by atoms with Crippen LogP contribution in [0.25, 0.3) is 11.1 Å². The van der Waals surface area contributed by atoms with Crippen molar-refractivity contribution in [2.24, 2.45) is 5.14 Å². The maximum atomic E-state index is 11.2. The van der Waals surface area contributed by atoms with E-state index in [1.165, 1.54) is 12.1 Å². The maximum Gasteiger partial charge on any atom is 0.295 e. The van der Waals surface area contributed by atoms with Crippen molar-refractivity contribution in [1.82, 2.24) is 4.98 Å². The molecule has 3 N–H and O–H groups in total. The largest absolute Gasteiger partial charge is 0.424 e. The van der Waals surface area contributed by atoms with E-state index in [9.17, 15) is 8.42 Å². The van der Waals surface area contributed by atoms with Gasteiger partial charge in [-0.15, -0.1) is 0 Å². The van der Waals surface area contributed by atoms with Crippen LogP contribution >= 0.6 is 0 Å². The van der Waals surface area contributed by atoms with Gasteiger partial charge in [-0.2, -0.15) is 4.98 Å². The van der Waals surface area contributed by atoms with E-state index in [4.69, 9.17) is 9.56 Å². The molecule has 0 saturated heterocycles. The summed E-state index contributed by atoms with van der Waals surface area (Å²) >= 11 is 0. The highest BCUT2D eigenvalue weighted by Gasteiger charge is 2.07. The number of oxazole rings is 1. The summed E-state index contributed by atoms with van der Waals surface area (Å²) in [6.07, 6.45) is 0. The highest BCUT2D eigenvalue weighted by atomic mass is 32.2. The van der Waals surface area contributed by atoms with Gasteiger partial charge in [0, 0.05) is 6.54 Å². The number of nitrogens with two attached hydrogens (primary N) is 1. The number of aromatic nitrogens is 1. The van der Waals surface area contributed by atoms with E-state index in [0.29, 0.717) is 18.1 Å². The Balaban J connectivity index is 1.72. The number of para-hydroxylation sites is 2. The van der Waals surface area contributed by atoms with Gasteiger partial charge < -0.3 is 9.73 Å². The number of primary sulfonamides is 1. The van der Waals surface area contributed by atoms with Crippen LogP contribution in [0.4, 0.5) is 6.01 Å². The first kappa shape index (κ1) is 13.6. The van der Waals surface area contributed by atoms with Crippen molar-refractivity contribution < 1.29 is 12.8 Å². The molecule has 21 heavy (non-hydrogen) atoms. The summed E-state index contributed by atoms with van der Waals surface area (Å²) < 4.78 is 27.8. The van der Waals surface area contributed by atoms with Gasteiger partial charge >= 0.3 is 0 Å². The second-order valence-corrected chi connectivity index (χ2v) is 6.09. The first-order chi connectivity index (χ1) is 10.0. The minimum Gasteiger partial charge on any atom is -0.424 e. The number of hydrogen-bond donors (Lipinski definition) is 2. The second-order valence-electron chi connectivity index (χ2n) is 4.53. The van der Waals surface area contributed by atoms with Crippen molar-refractivity contribution >= 4 is 27.1 Å². The normalized spacial score (nSPS) is 11.7. The maximum absolute atomic E-state index is 11.2. The van der Waals surface area contributed by atoms with Crippen molar-refractivity contribution in [1.29, 1.82) is 0 Å². The molecule has 6 nitrogen and oxygen atoms in total. The molecule has 3 aromatic rings. The summed E-state index contributed by atoms with van der Waals surface area (Å²) in [5.41, 5.74) is 2.39. The summed E-state index contributed by atoms with van der Waals surface area (Å²) in [4.78, 5) is 4.38.